The smallest absolute Gasteiger partial charge is 0.0615 e. The molecule has 3 nitrogen and oxygen atoms in total. The normalized spacial score (nSPS) is 22.8. The SMILES string of the molecule is CCN(CC(C)(N)C1CC1)C(C)COC. The van der Waals surface area contributed by atoms with Crippen LogP contribution in [0.1, 0.15) is 33.6 Å². The highest BCUT2D eigenvalue weighted by molar-refractivity contribution is 4.97. The molecule has 0 spiro atoms. The minimum absolute atomic E-state index is 0.0159. The summed E-state index contributed by atoms with van der Waals surface area (Å²) in [5.41, 5.74) is 6.33. The van der Waals surface area contributed by atoms with E-state index in [1.807, 2.05) is 0 Å². The maximum absolute atomic E-state index is 6.35. The van der Waals surface area contributed by atoms with E-state index in [-0.39, 0.29) is 5.54 Å². The van der Waals surface area contributed by atoms with E-state index in [9.17, 15) is 0 Å². The fraction of sp³-hybridized carbons (Fsp3) is 1.00. The molecular weight excluding hydrogens is 188 g/mol. The molecule has 0 heterocycles. The second kappa shape index (κ2) is 5.28. The number of likely N-dealkylation sites (N-methyl/N-ethyl adjacent to an activating group) is 1. The maximum atomic E-state index is 6.35. The summed E-state index contributed by atoms with van der Waals surface area (Å²) in [5.74, 6) is 0.737. The van der Waals surface area contributed by atoms with Gasteiger partial charge in [0.2, 0.25) is 0 Å². The van der Waals surface area contributed by atoms with Gasteiger partial charge in [0.1, 0.15) is 0 Å². The van der Waals surface area contributed by atoms with Crippen LogP contribution in [0.25, 0.3) is 0 Å². The van der Waals surface area contributed by atoms with Crippen molar-refractivity contribution in [3.05, 3.63) is 0 Å². The number of methoxy groups -OCH3 is 1. The molecule has 0 aromatic heterocycles. The Morgan fingerprint density at radius 3 is 2.53 bits per heavy atom. The number of hydrogen-bond donors (Lipinski definition) is 1. The second-order valence-electron chi connectivity index (χ2n) is 5.15. The number of nitrogens with zero attached hydrogens (tertiary/aromatic N) is 1. The monoisotopic (exact) mass is 214 g/mol. The average molecular weight is 214 g/mol. The van der Waals surface area contributed by atoms with Crippen LogP contribution >= 0.6 is 0 Å². The van der Waals surface area contributed by atoms with Gasteiger partial charge in [-0.3, -0.25) is 4.90 Å². The van der Waals surface area contributed by atoms with Crippen molar-refractivity contribution in [2.24, 2.45) is 11.7 Å². The van der Waals surface area contributed by atoms with Crippen molar-refractivity contribution in [2.45, 2.75) is 45.2 Å². The first-order valence-electron chi connectivity index (χ1n) is 6.03. The Labute approximate surface area is 94.0 Å². The molecule has 3 heteroatoms. The van der Waals surface area contributed by atoms with Gasteiger partial charge in [0, 0.05) is 25.2 Å². The zero-order valence-corrected chi connectivity index (χ0v) is 10.6. The van der Waals surface area contributed by atoms with E-state index in [1.54, 1.807) is 7.11 Å². The van der Waals surface area contributed by atoms with Crippen LogP contribution in [0.4, 0.5) is 0 Å². The summed E-state index contributed by atoms with van der Waals surface area (Å²) in [5, 5.41) is 0. The predicted octanol–water partition coefficient (Wildman–Crippen LogP) is 1.47. The lowest BCUT2D eigenvalue weighted by molar-refractivity contribution is 0.0850. The Morgan fingerprint density at radius 1 is 1.53 bits per heavy atom. The standard InChI is InChI=1S/C12H26N2O/c1-5-14(10(2)8-15-4)9-12(3,13)11-6-7-11/h10-11H,5-9,13H2,1-4H3. The molecular formula is C12H26N2O. The molecule has 1 rings (SSSR count). The number of hydrogen-bond acceptors (Lipinski definition) is 3. The van der Waals surface area contributed by atoms with Crippen LogP contribution in [-0.2, 0) is 4.74 Å². The molecule has 2 N–H and O–H groups in total. The highest BCUT2D eigenvalue weighted by Gasteiger charge is 2.39. The van der Waals surface area contributed by atoms with Crippen LogP contribution in [0.3, 0.4) is 0 Å². The summed E-state index contributed by atoms with van der Waals surface area (Å²) < 4.78 is 5.19. The molecule has 90 valence electrons. The highest BCUT2D eigenvalue weighted by atomic mass is 16.5. The Kier molecular flexibility index (Phi) is 4.56. The summed E-state index contributed by atoms with van der Waals surface area (Å²) in [6.45, 7) is 9.40. The Bertz CT molecular complexity index is 190. The van der Waals surface area contributed by atoms with Gasteiger partial charge < -0.3 is 10.5 Å². The Balaban J connectivity index is 2.44. The zero-order chi connectivity index (χ0) is 11.5. The fourth-order valence-electron chi connectivity index (χ4n) is 2.24. The summed E-state index contributed by atoms with van der Waals surface area (Å²) >= 11 is 0. The third kappa shape index (κ3) is 3.74. The molecule has 2 atom stereocenters. The van der Waals surface area contributed by atoms with Gasteiger partial charge in [-0.1, -0.05) is 6.92 Å². The van der Waals surface area contributed by atoms with E-state index in [4.69, 9.17) is 10.5 Å². The Hall–Kier alpha value is -0.120. The lowest BCUT2D eigenvalue weighted by Crippen LogP contribution is -2.52. The van der Waals surface area contributed by atoms with E-state index in [0.717, 1.165) is 25.6 Å². The van der Waals surface area contributed by atoms with Crippen LogP contribution in [0.2, 0.25) is 0 Å². The first kappa shape index (κ1) is 12.9. The zero-order valence-electron chi connectivity index (χ0n) is 10.6. The van der Waals surface area contributed by atoms with Crippen molar-refractivity contribution >= 4 is 0 Å². The average Bonchev–Trinajstić information content (AvgIpc) is 2.97. The molecule has 0 aromatic carbocycles. The molecule has 0 aliphatic heterocycles. The van der Waals surface area contributed by atoms with Gasteiger partial charge in [0.25, 0.3) is 0 Å². The fourth-order valence-corrected chi connectivity index (χ4v) is 2.24. The molecule has 0 bridgehead atoms. The van der Waals surface area contributed by atoms with E-state index < -0.39 is 0 Å². The topological polar surface area (TPSA) is 38.5 Å². The van der Waals surface area contributed by atoms with Crippen LogP contribution in [0.15, 0.2) is 0 Å². The minimum Gasteiger partial charge on any atom is -0.383 e. The largest absolute Gasteiger partial charge is 0.383 e. The van der Waals surface area contributed by atoms with Crippen molar-refractivity contribution in [1.82, 2.24) is 4.90 Å². The van der Waals surface area contributed by atoms with Crippen LogP contribution < -0.4 is 5.73 Å². The molecule has 15 heavy (non-hydrogen) atoms. The number of nitrogens with two attached hydrogens (primary N) is 1. The van der Waals surface area contributed by atoms with Gasteiger partial charge in [0.05, 0.1) is 6.61 Å². The van der Waals surface area contributed by atoms with Gasteiger partial charge >= 0.3 is 0 Å². The quantitative estimate of drug-likeness (QED) is 0.697. The van der Waals surface area contributed by atoms with Crippen LogP contribution in [-0.4, -0.2) is 43.3 Å². The number of rotatable bonds is 7. The first-order chi connectivity index (χ1) is 7.01. The van der Waals surface area contributed by atoms with Crippen molar-refractivity contribution in [1.29, 1.82) is 0 Å². The van der Waals surface area contributed by atoms with Gasteiger partial charge in [-0.2, -0.15) is 0 Å². The van der Waals surface area contributed by atoms with Crippen molar-refractivity contribution in [3.8, 4) is 0 Å². The summed E-state index contributed by atoms with van der Waals surface area (Å²) in [7, 11) is 1.76. The summed E-state index contributed by atoms with van der Waals surface area (Å²) in [4.78, 5) is 2.42. The Morgan fingerprint density at radius 2 is 2.13 bits per heavy atom. The van der Waals surface area contributed by atoms with Gasteiger partial charge in [0.15, 0.2) is 0 Å². The van der Waals surface area contributed by atoms with E-state index in [2.05, 4.69) is 25.7 Å². The third-order valence-electron chi connectivity index (χ3n) is 3.49. The maximum Gasteiger partial charge on any atom is 0.0615 e. The molecule has 0 radical (unpaired) electrons. The molecule has 0 amide bonds. The third-order valence-corrected chi connectivity index (χ3v) is 3.49. The second-order valence-corrected chi connectivity index (χ2v) is 5.15. The summed E-state index contributed by atoms with van der Waals surface area (Å²) in [6, 6.07) is 0.460. The van der Waals surface area contributed by atoms with Gasteiger partial charge in [-0.15, -0.1) is 0 Å². The first-order valence-corrected chi connectivity index (χ1v) is 6.03. The molecule has 0 aromatic rings. The van der Waals surface area contributed by atoms with Crippen molar-refractivity contribution in [2.75, 3.05) is 26.8 Å². The van der Waals surface area contributed by atoms with Crippen LogP contribution in [0, 0.1) is 5.92 Å². The summed E-state index contributed by atoms with van der Waals surface area (Å²) in [6.07, 6.45) is 2.62. The van der Waals surface area contributed by atoms with E-state index in [1.165, 1.54) is 12.8 Å². The molecule has 1 fully saturated rings. The van der Waals surface area contributed by atoms with Crippen molar-refractivity contribution in [3.63, 3.8) is 0 Å². The van der Waals surface area contributed by atoms with Crippen LogP contribution in [0.5, 0.6) is 0 Å². The molecule has 2 unspecified atom stereocenters. The lowest BCUT2D eigenvalue weighted by atomic mass is 9.96. The van der Waals surface area contributed by atoms with Crippen molar-refractivity contribution < 1.29 is 4.74 Å². The van der Waals surface area contributed by atoms with Gasteiger partial charge in [-0.25, -0.2) is 0 Å². The van der Waals surface area contributed by atoms with Gasteiger partial charge in [-0.05, 0) is 39.2 Å². The molecule has 1 saturated carbocycles. The number of ether oxygens (including phenoxy) is 1. The lowest BCUT2D eigenvalue weighted by Gasteiger charge is -2.35. The molecule has 0 saturated heterocycles. The molecule has 1 aliphatic rings. The van der Waals surface area contributed by atoms with E-state index in [0.29, 0.717) is 6.04 Å². The van der Waals surface area contributed by atoms with E-state index >= 15 is 0 Å². The predicted molar refractivity (Wildman–Crippen MR) is 63.9 cm³/mol. The highest BCUT2D eigenvalue weighted by Crippen LogP contribution is 2.38. The minimum atomic E-state index is -0.0159. The molecule has 1 aliphatic carbocycles.